The van der Waals surface area contributed by atoms with E-state index < -0.39 is 0 Å². The van der Waals surface area contributed by atoms with Crippen molar-refractivity contribution in [1.82, 2.24) is 19.7 Å². The Morgan fingerprint density at radius 1 is 1.19 bits per heavy atom. The first kappa shape index (κ1) is 19.6. The van der Waals surface area contributed by atoms with E-state index in [4.69, 9.17) is 16.0 Å². The lowest BCUT2D eigenvalue weighted by Crippen LogP contribution is -2.35. The molecule has 8 heteroatoms. The van der Waals surface area contributed by atoms with Crippen LogP contribution in [-0.2, 0) is 6.54 Å². The molecule has 1 N–H and O–H groups in total. The molecular weight excluding hydrogens is 414 g/mol. The summed E-state index contributed by atoms with van der Waals surface area (Å²) in [6.07, 6.45) is 3.42. The SMILES string of the molecule is Cc1nnc(C2CCCN2C(=O)Nc2ccc3occc3c2)n1Cc1ccc(Cl)cc1. The number of nitrogens with zero attached hydrogens (tertiary/aromatic N) is 4. The Morgan fingerprint density at radius 3 is 2.87 bits per heavy atom. The zero-order valence-electron chi connectivity index (χ0n) is 17.1. The predicted octanol–water partition coefficient (Wildman–Crippen LogP) is 5.40. The molecule has 0 aliphatic carbocycles. The lowest BCUT2D eigenvalue weighted by Gasteiger charge is -2.25. The molecule has 1 aliphatic rings. The fourth-order valence-electron chi connectivity index (χ4n) is 4.13. The molecule has 1 fully saturated rings. The Balaban J connectivity index is 1.37. The highest BCUT2D eigenvalue weighted by Gasteiger charge is 2.34. The first-order valence-electron chi connectivity index (χ1n) is 10.3. The summed E-state index contributed by atoms with van der Waals surface area (Å²) in [5.41, 5.74) is 2.64. The number of benzene rings is 2. The number of furan rings is 1. The third-order valence-electron chi connectivity index (χ3n) is 5.73. The van der Waals surface area contributed by atoms with Gasteiger partial charge < -0.3 is 19.2 Å². The van der Waals surface area contributed by atoms with E-state index in [0.29, 0.717) is 18.1 Å². The Labute approximate surface area is 184 Å². The average Bonchev–Trinajstić information content (AvgIpc) is 3.50. The lowest BCUT2D eigenvalue weighted by atomic mass is 10.2. The summed E-state index contributed by atoms with van der Waals surface area (Å²) in [5, 5.41) is 13.4. The Kier molecular flexibility index (Phi) is 5.11. The molecule has 2 amide bonds. The van der Waals surface area contributed by atoms with Gasteiger partial charge in [-0.05, 0) is 61.7 Å². The summed E-state index contributed by atoms with van der Waals surface area (Å²) < 4.78 is 7.46. The van der Waals surface area contributed by atoms with Crippen molar-refractivity contribution in [3.8, 4) is 0 Å². The van der Waals surface area contributed by atoms with E-state index in [1.54, 1.807) is 6.26 Å². The number of carbonyl (C=O) groups is 1. The minimum Gasteiger partial charge on any atom is -0.464 e. The number of carbonyl (C=O) groups excluding carboxylic acids is 1. The van der Waals surface area contributed by atoms with Crippen molar-refractivity contribution < 1.29 is 9.21 Å². The minimum atomic E-state index is -0.135. The largest absolute Gasteiger partial charge is 0.464 e. The first-order valence-corrected chi connectivity index (χ1v) is 10.7. The van der Waals surface area contributed by atoms with Crippen LogP contribution in [0.4, 0.5) is 10.5 Å². The second-order valence-electron chi connectivity index (χ2n) is 7.77. The molecule has 4 aromatic rings. The van der Waals surface area contributed by atoms with E-state index in [9.17, 15) is 4.79 Å². The molecule has 2 aromatic heterocycles. The Hall–Kier alpha value is -3.32. The van der Waals surface area contributed by atoms with E-state index in [1.165, 1.54) is 0 Å². The molecule has 0 saturated carbocycles. The van der Waals surface area contributed by atoms with Gasteiger partial charge in [0, 0.05) is 22.6 Å². The summed E-state index contributed by atoms with van der Waals surface area (Å²) in [7, 11) is 0. The molecule has 31 heavy (non-hydrogen) atoms. The van der Waals surface area contributed by atoms with Gasteiger partial charge in [0.2, 0.25) is 0 Å². The van der Waals surface area contributed by atoms with Gasteiger partial charge in [0.15, 0.2) is 5.82 Å². The van der Waals surface area contributed by atoms with Crippen LogP contribution in [0.15, 0.2) is 59.2 Å². The number of aromatic nitrogens is 3. The fraction of sp³-hybridized carbons (Fsp3) is 0.261. The third kappa shape index (κ3) is 3.88. The van der Waals surface area contributed by atoms with Crippen molar-refractivity contribution in [2.45, 2.75) is 32.4 Å². The number of aryl methyl sites for hydroxylation is 1. The molecule has 1 atom stereocenters. The van der Waals surface area contributed by atoms with E-state index in [2.05, 4.69) is 20.1 Å². The van der Waals surface area contributed by atoms with Gasteiger partial charge in [-0.15, -0.1) is 10.2 Å². The number of hydrogen-bond donors (Lipinski definition) is 1. The number of anilines is 1. The summed E-state index contributed by atoms with van der Waals surface area (Å²) in [4.78, 5) is 15.0. The highest BCUT2D eigenvalue weighted by Crippen LogP contribution is 2.32. The highest BCUT2D eigenvalue weighted by atomic mass is 35.5. The molecule has 1 saturated heterocycles. The van der Waals surface area contributed by atoms with Crippen LogP contribution in [-0.4, -0.2) is 32.2 Å². The third-order valence-corrected chi connectivity index (χ3v) is 5.99. The lowest BCUT2D eigenvalue weighted by molar-refractivity contribution is 0.204. The maximum absolute atomic E-state index is 13.1. The van der Waals surface area contributed by atoms with Gasteiger partial charge in [-0.3, -0.25) is 0 Å². The summed E-state index contributed by atoms with van der Waals surface area (Å²) in [5.74, 6) is 1.63. The molecule has 0 bridgehead atoms. The van der Waals surface area contributed by atoms with Gasteiger partial charge in [-0.25, -0.2) is 4.79 Å². The maximum Gasteiger partial charge on any atom is 0.322 e. The normalized spacial score (nSPS) is 16.2. The molecule has 1 aliphatic heterocycles. The number of rotatable bonds is 4. The van der Waals surface area contributed by atoms with E-state index in [0.717, 1.165) is 46.7 Å². The molecule has 158 valence electrons. The molecule has 3 heterocycles. The van der Waals surface area contributed by atoms with Gasteiger partial charge >= 0.3 is 6.03 Å². The van der Waals surface area contributed by atoms with Crippen molar-refractivity contribution >= 4 is 34.3 Å². The van der Waals surface area contributed by atoms with Crippen LogP contribution in [0.2, 0.25) is 5.02 Å². The predicted molar refractivity (Wildman–Crippen MR) is 119 cm³/mol. The molecular formula is C23H22ClN5O2. The number of likely N-dealkylation sites (tertiary alicyclic amines) is 1. The van der Waals surface area contributed by atoms with Crippen molar-refractivity contribution in [3.05, 3.63) is 77.0 Å². The van der Waals surface area contributed by atoms with Gasteiger partial charge in [0.1, 0.15) is 11.4 Å². The molecule has 0 radical (unpaired) electrons. The second kappa shape index (κ2) is 8.07. The van der Waals surface area contributed by atoms with Gasteiger partial charge in [0.05, 0.1) is 18.8 Å². The number of urea groups is 1. The summed E-state index contributed by atoms with van der Waals surface area (Å²) in [6.45, 7) is 3.25. The monoisotopic (exact) mass is 435 g/mol. The topological polar surface area (TPSA) is 76.2 Å². The van der Waals surface area contributed by atoms with Crippen LogP contribution in [0.25, 0.3) is 11.0 Å². The zero-order chi connectivity index (χ0) is 21.4. The van der Waals surface area contributed by atoms with Crippen LogP contribution < -0.4 is 5.32 Å². The van der Waals surface area contributed by atoms with Crippen LogP contribution in [0.5, 0.6) is 0 Å². The zero-order valence-corrected chi connectivity index (χ0v) is 17.8. The Morgan fingerprint density at radius 2 is 2.03 bits per heavy atom. The van der Waals surface area contributed by atoms with Crippen molar-refractivity contribution in [1.29, 1.82) is 0 Å². The van der Waals surface area contributed by atoms with Crippen LogP contribution in [0, 0.1) is 6.92 Å². The number of halogens is 1. The summed E-state index contributed by atoms with van der Waals surface area (Å²) in [6, 6.07) is 15.0. The second-order valence-corrected chi connectivity index (χ2v) is 8.21. The van der Waals surface area contributed by atoms with Crippen molar-refractivity contribution in [3.63, 3.8) is 0 Å². The minimum absolute atomic E-state index is 0.119. The van der Waals surface area contributed by atoms with E-state index >= 15 is 0 Å². The highest BCUT2D eigenvalue weighted by molar-refractivity contribution is 6.30. The molecule has 5 rings (SSSR count). The maximum atomic E-state index is 13.1. The molecule has 7 nitrogen and oxygen atoms in total. The fourth-order valence-corrected chi connectivity index (χ4v) is 4.26. The average molecular weight is 436 g/mol. The van der Waals surface area contributed by atoms with Crippen molar-refractivity contribution in [2.24, 2.45) is 0 Å². The van der Waals surface area contributed by atoms with Crippen LogP contribution in [0.3, 0.4) is 0 Å². The number of fused-ring (bicyclic) bond motifs is 1. The first-order chi connectivity index (χ1) is 15.1. The van der Waals surface area contributed by atoms with Gasteiger partial charge in [-0.1, -0.05) is 23.7 Å². The standard InChI is InChI=1S/C23H22ClN5O2/c1-15-26-27-22(29(15)14-16-4-6-18(24)7-5-16)20-3-2-11-28(20)23(30)25-19-8-9-21-17(13-19)10-12-31-21/h4-10,12-13,20H,2-3,11,14H2,1H3,(H,25,30). The smallest absolute Gasteiger partial charge is 0.322 e. The molecule has 1 unspecified atom stereocenters. The number of hydrogen-bond acceptors (Lipinski definition) is 4. The molecule has 0 spiro atoms. The van der Waals surface area contributed by atoms with Crippen LogP contribution in [0.1, 0.15) is 36.1 Å². The number of nitrogens with one attached hydrogen (secondary N) is 1. The van der Waals surface area contributed by atoms with Gasteiger partial charge in [-0.2, -0.15) is 0 Å². The van der Waals surface area contributed by atoms with E-state index in [1.807, 2.05) is 60.4 Å². The Bertz CT molecular complexity index is 1230. The number of amides is 2. The summed E-state index contributed by atoms with van der Waals surface area (Å²) >= 11 is 6.02. The molecule has 2 aromatic carbocycles. The van der Waals surface area contributed by atoms with Crippen molar-refractivity contribution in [2.75, 3.05) is 11.9 Å². The quantitative estimate of drug-likeness (QED) is 0.465. The van der Waals surface area contributed by atoms with E-state index in [-0.39, 0.29) is 12.1 Å². The van der Waals surface area contributed by atoms with Crippen LogP contribution >= 0.6 is 11.6 Å². The van der Waals surface area contributed by atoms with Gasteiger partial charge in [0.25, 0.3) is 0 Å².